The number of carbonyl (C=O) groups is 4. The number of ether oxygens (including phenoxy) is 2. The third-order valence-corrected chi connectivity index (χ3v) is 5.08. The van der Waals surface area contributed by atoms with Crippen LogP contribution in [0, 0.1) is 0 Å². The monoisotopic (exact) mass is 460 g/mol. The van der Waals surface area contributed by atoms with Gasteiger partial charge in [0.25, 0.3) is 11.8 Å². The van der Waals surface area contributed by atoms with Crippen LogP contribution in [0.25, 0.3) is 0 Å². The van der Waals surface area contributed by atoms with Crippen LogP contribution in [-0.4, -0.2) is 38.0 Å². The highest BCUT2D eigenvalue weighted by atomic mass is 16.5. The van der Waals surface area contributed by atoms with Crippen molar-refractivity contribution in [3.8, 4) is 0 Å². The Morgan fingerprint density at radius 2 is 0.971 bits per heavy atom. The molecule has 8 nitrogen and oxygen atoms in total. The lowest BCUT2D eigenvalue weighted by Gasteiger charge is -2.18. The molecule has 0 aromatic heterocycles. The third kappa shape index (κ3) is 5.86. The van der Waals surface area contributed by atoms with Crippen molar-refractivity contribution in [2.75, 3.05) is 14.2 Å². The molecule has 3 rings (SSSR count). The summed E-state index contributed by atoms with van der Waals surface area (Å²) >= 11 is 0. The average Bonchev–Trinajstić information content (AvgIpc) is 2.90. The minimum absolute atomic E-state index is 0.159. The molecule has 0 heterocycles. The smallest absolute Gasteiger partial charge is 0.333 e. The van der Waals surface area contributed by atoms with Crippen molar-refractivity contribution in [3.05, 3.63) is 107 Å². The van der Waals surface area contributed by atoms with Crippen LogP contribution in [0.15, 0.2) is 84.9 Å². The molecular formula is C26H24N2O6. The maximum absolute atomic E-state index is 12.9. The predicted molar refractivity (Wildman–Crippen MR) is 124 cm³/mol. The highest BCUT2D eigenvalue weighted by molar-refractivity contribution is 6.02. The zero-order chi connectivity index (χ0) is 24.5. The molecule has 174 valence electrons. The van der Waals surface area contributed by atoms with Crippen molar-refractivity contribution < 1.29 is 28.7 Å². The van der Waals surface area contributed by atoms with Crippen LogP contribution in [-0.2, 0) is 19.1 Å². The highest BCUT2D eigenvalue weighted by Gasteiger charge is 2.26. The molecule has 34 heavy (non-hydrogen) atoms. The molecule has 0 saturated carbocycles. The van der Waals surface area contributed by atoms with E-state index in [9.17, 15) is 19.2 Å². The minimum atomic E-state index is -1.02. The maximum atomic E-state index is 12.9. The molecule has 2 amide bonds. The van der Waals surface area contributed by atoms with Crippen LogP contribution in [0.2, 0.25) is 0 Å². The lowest BCUT2D eigenvalue weighted by molar-refractivity contribution is -0.143. The number of esters is 2. The van der Waals surface area contributed by atoms with Crippen molar-refractivity contribution in [1.82, 2.24) is 10.6 Å². The molecule has 8 heteroatoms. The van der Waals surface area contributed by atoms with Gasteiger partial charge in [0.2, 0.25) is 0 Å². The van der Waals surface area contributed by atoms with Crippen molar-refractivity contribution in [1.29, 1.82) is 0 Å². The molecule has 0 saturated heterocycles. The quantitative estimate of drug-likeness (QED) is 0.500. The van der Waals surface area contributed by atoms with Crippen molar-refractivity contribution in [3.63, 3.8) is 0 Å². The normalized spacial score (nSPS) is 12.1. The van der Waals surface area contributed by atoms with E-state index >= 15 is 0 Å². The number of carbonyl (C=O) groups excluding carboxylic acids is 4. The molecule has 0 aliphatic rings. The molecule has 0 aliphatic heterocycles. The number of hydrogen-bond acceptors (Lipinski definition) is 6. The van der Waals surface area contributed by atoms with Gasteiger partial charge in [-0.05, 0) is 29.3 Å². The van der Waals surface area contributed by atoms with Gasteiger partial charge < -0.3 is 20.1 Å². The predicted octanol–water partition coefficient (Wildman–Crippen LogP) is 2.97. The molecule has 0 aliphatic carbocycles. The van der Waals surface area contributed by atoms with E-state index in [1.165, 1.54) is 38.5 Å². The summed E-state index contributed by atoms with van der Waals surface area (Å²) in [4.78, 5) is 50.3. The lowest BCUT2D eigenvalue weighted by atomic mass is 10.0. The Kier molecular flexibility index (Phi) is 8.12. The van der Waals surface area contributed by atoms with Crippen molar-refractivity contribution >= 4 is 23.8 Å². The Bertz CT molecular complexity index is 1080. The Balaban J connectivity index is 1.80. The fourth-order valence-electron chi connectivity index (χ4n) is 3.31. The highest BCUT2D eigenvalue weighted by Crippen LogP contribution is 2.18. The first kappa shape index (κ1) is 24.2. The Morgan fingerprint density at radius 3 is 1.32 bits per heavy atom. The first-order valence-corrected chi connectivity index (χ1v) is 10.4. The second kappa shape index (κ2) is 11.4. The number of hydrogen-bond donors (Lipinski definition) is 2. The summed E-state index contributed by atoms with van der Waals surface area (Å²) in [5, 5.41) is 5.28. The molecule has 0 spiro atoms. The molecule has 0 bridgehead atoms. The molecule has 3 aromatic rings. The molecule has 0 fully saturated rings. The average molecular weight is 460 g/mol. The van der Waals surface area contributed by atoms with Crippen molar-refractivity contribution in [2.24, 2.45) is 0 Å². The van der Waals surface area contributed by atoms with Crippen LogP contribution in [0.4, 0.5) is 0 Å². The van der Waals surface area contributed by atoms with E-state index in [2.05, 4.69) is 10.6 Å². The summed E-state index contributed by atoms with van der Waals surface area (Å²) in [6, 6.07) is 21.3. The Hall–Kier alpha value is -4.46. The fourth-order valence-corrected chi connectivity index (χ4v) is 3.31. The molecule has 3 aromatic carbocycles. The topological polar surface area (TPSA) is 111 Å². The van der Waals surface area contributed by atoms with Gasteiger partial charge in [-0.15, -0.1) is 0 Å². The first-order valence-electron chi connectivity index (χ1n) is 10.4. The van der Waals surface area contributed by atoms with E-state index in [1.54, 1.807) is 60.7 Å². The molecule has 2 atom stereocenters. The summed E-state index contributed by atoms with van der Waals surface area (Å²) in [5.74, 6) is -2.39. The van der Waals surface area contributed by atoms with Crippen LogP contribution < -0.4 is 10.6 Å². The standard InChI is InChI=1S/C26H24N2O6/c1-33-25(31)21(17-10-5-3-6-11-17)27-23(29)19-14-9-15-20(16-19)24(30)28-22(26(32)34-2)18-12-7-4-8-13-18/h3-16,21-22H,1-2H3,(H,27,29)(H,28,30)/t21-,22-/m0/s1. The largest absolute Gasteiger partial charge is 0.467 e. The summed E-state index contributed by atoms with van der Waals surface area (Å²) in [7, 11) is 2.47. The number of rotatable bonds is 8. The van der Waals surface area contributed by atoms with Crippen LogP contribution in [0.3, 0.4) is 0 Å². The molecule has 2 N–H and O–H groups in total. The van der Waals surface area contributed by atoms with Crippen LogP contribution in [0.5, 0.6) is 0 Å². The second-order valence-electron chi connectivity index (χ2n) is 7.26. The number of nitrogens with one attached hydrogen (secondary N) is 2. The Labute approximate surface area is 196 Å². The van der Waals surface area contributed by atoms with Gasteiger partial charge in [-0.2, -0.15) is 0 Å². The SMILES string of the molecule is COC(=O)[C@@H](NC(=O)c1cccc(C(=O)N[C@H](C(=O)OC)c2ccccc2)c1)c1ccccc1. The van der Waals surface area contributed by atoms with E-state index in [1.807, 2.05) is 0 Å². The maximum Gasteiger partial charge on any atom is 0.333 e. The number of benzene rings is 3. The van der Waals surface area contributed by atoms with E-state index < -0.39 is 35.8 Å². The van der Waals surface area contributed by atoms with E-state index in [-0.39, 0.29) is 11.1 Å². The number of amides is 2. The van der Waals surface area contributed by atoms with Gasteiger partial charge >= 0.3 is 11.9 Å². The van der Waals surface area contributed by atoms with Gasteiger partial charge in [-0.1, -0.05) is 66.7 Å². The summed E-state index contributed by atoms with van der Waals surface area (Å²) in [6.45, 7) is 0. The van der Waals surface area contributed by atoms with Gasteiger partial charge in [0.15, 0.2) is 12.1 Å². The van der Waals surface area contributed by atoms with Crippen LogP contribution >= 0.6 is 0 Å². The molecule has 0 unspecified atom stereocenters. The van der Waals surface area contributed by atoms with Crippen molar-refractivity contribution in [2.45, 2.75) is 12.1 Å². The number of methoxy groups -OCH3 is 2. The zero-order valence-electron chi connectivity index (χ0n) is 18.7. The van der Waals surface area contributed by atoms with Crippen LogP contribution in [0.1, 0.15) is 43.9 Å². The second-order valence-corrected chi connectivity index (χ2v) is 7.26. The van der Waals surface area contributed by atoms with E-state index in [0.29, 0.717) is 11.1 Å². The van der Waals surface area contributed by atoms with Gasteiger partial charge in [0.05, 0.1) is 14.2 Å². The summed E-state index contributed by atoms with van der Waals surface area (Å²) in [6.07, 6.45) is 0. The summed E-state index contributed by atoms with van der Waals surface area (Å²) < 4.78 is 9.65. The first-order chi connectivity index (χ1) is 16.4. The minimum Gasteiger partial charge on any atom is -0.467 e. The van der Waals surface area contributed by atoms with Gasteiger partial charge in [0, 0.05) is 11.1 Å². The zero-order valence-corrected chi connectivity index (χ0v) is 18.7. The fraction of sp³-hybridized carbons (Fsp3) is 0.154. The van der Waals surface area contributed by atoms with E-state index in [4.69, 9.17) is 9.47 Å². The van der Waals surface area contributed by atoms with Gasteiger partial charge in [0.1, 0.15) is 0 Å². The van der Waals surface area contributed by atoms with Gasteiger partial charge in [-0.3, -0.25) is 9.59 Å². The lowest BCUT2D eigenvalue weighted by Crippen LogP contribution is -2.35. The molecule has 0 radical (unpaired) electrons. The Morgan fingerprint density at radius 1 is 0.588 bits per heavy atom. The van der Waals surface area contributed by atoms with E-state index in [0.717, 1.165) is 0 Å². The third-order valence-electron chi connectivity index (χ3n) is 5.08. The molecular weight excluding hydrogens is 436 g/mol. The van der Waals surface area contributed by atoms with Gasteiger partial charge in [-0.25, -0.2) is 9.59 Å². The summed E-state index contributed by atoms with van der Waals surface area (Å²) in [5.41, 5.74) is 1.43.